The van der Waals surface area contributed by atoms with Crippen molar-refractivity contribution in [1.29, 1.82) is 0 Å². The quantitative estimate of drug-likeness (QED) is 0.816. The van der Waals surface area contributed by atoms with Crippen molar-refractivity contribution in [2.45, 2.75) is 19.0 Å². The van der Waals surface area contributed by atoms with Crippen LogP contribution in [0.25, 0.3) is 0 Å². The molecule has 0 bridgehead atoms. The van der Waals surface area contributed by atoms with E-state index in [1.807, 2.05) is 24.3 Å². The lowest BCUT2D eigenvalue weighted by molar-refractivity contribution is -0.123. The van der Waals surface area contributed by atoms with Gasteiger partial charge in [-0.05, 0) is 6.07 Å². The number of carbonyl (C=O) groups excluding carboxylic acids is 2. The Morgan fingerprint density at radius 3 is 2.96 bits per heavy atom. The third kappa shape index (κ3) is 4.79. The van der Waals surface area contributed by atoms with Crippen LogP contribution >= 0.6 is 0 Å². The smallest absolute Gasteiger partial charge is 0.274 e. The van der Waals surface area contributed by atoms with Crippen LogP contribution in [0.4, 0.5) is 0 Å². The largest absolute Gasteiger partial charge is 0.496 e. The van der Waals surface area contributed by atoms with Crippen molar-refractivity contribution in [3.8, 4) is 5.75 Å². The molecule has 0 saturated carbocycles. The van der Waals surface area contributed by atoms with Crippen LogP contribution in [0.5, 0.6) is 5.75 Å². The van der Waals surface area contributed by atoms with E-state index < -0.39 is 0 Å². The molecular formula is C19H22N4O4. The van der Waals surface area contributed by atoms with Gasteiger partial charge in [-0.3, -0.25) is 14.6 Å². The van der Waals surface area contributed by atoms with Gasteiger partial charge in [-0.2, -0.15) is 0 Å². The van der Waals surface area contributed by atoms with E-state index in [9.17, 15) is 9.59 Å². The molecule has 0 spiro atoms. The Labute approximate surface area is 157 Å². The lowest BCUT2D eigenvalue weighted by atomic mass is 10.1. The van der Waals surface area contributed by atoms with Crippen molar-refractivity contribution in [3.05, 3.63) is 54.1 Å². The standard InChI is InChI=1S/C19H22N4O4/c1-26-17-5-3-2-4-14(17)11-22-18(24)10-15-13-27-9-8-23(15)19(25)16-12-20-6-7-21-16/h2-7,12,15H,8-11,13H2,1H3,(H,22,24)/t15-/m0/s1. The van der Waals surface area contributed by atoms with Gasteiger partial charge in [0.2, 0.25) is 5.91 Å². The van der Waals surface area contributed by atoms with Crippen molar-refractivity contribution < 1.29 is 19.1 Å². The van der Waals surface area contributed by atoms with E-state index in [1.165, 1.54) is 18.6 Å². The number of benzene rings is 1. The first kappa shape index (κ1) is 18.8. The Balaban J connectivity index is 1.60. The molecule has 1 atom stereocenters. The second-order valence-corrected chi connectivity index (χ2v) is 6.11. The molecule has 8 heteroatoms. The number of methoxy groups -OCH3 is 1. The molecule has 1 aromatic carbocycles. The van der Waals surface area contributed by atoms with Crippen LogP contribution in [-0.4, -0.2) is 59.6 Å². The van der Waals surface area contributed by atoms with Crippen LogP contribution in [0.2, 0.25) is 0 Å². The summed E-state index contributed by atoms with van der Waals surface area (Å²) in [5, 5.41) is 2.88. The van der Waals surface area contributed by atoms with Crippen LogP contribution in [0, 0.1) is 0 Å². The Hall–Kier alpha value is -3.00. The van der Waals surface area contributed by atoms with E-state index in [0.29, 0.717) is 26.3 Å². The van der Waals surface area contributed by atoms with Gasteiger partial charge in [0.25, 0.3) is 5.91 Å². The summed E-state index contributed by atoms with van der Waals surface area (Å²) in [7, 11) is 1.59. The molecule has 2 amide bonds. The second kappa shape index (κ2) is 9.09. The van der Waals surface area contributed by atoms with Crippen LogP contribution in [0.15, 0.2) is 42.9 Å². The summed E-state index contributed by atoms with van der Waals surface area (Å²) in [5.41, 5.74) is 1.15. The lowest BCUT2D eigenvalue weighted by Crippen LogP contribution is -2.50. The Bertz CT molecular complexity index is 784. The average Bonchev–Trinajstić information content (AvgIpc) is 2.73. The van der Waals surface area contributed by atoms with Crippen LogP contribution in [0.1, 0.15) is 22.5 Å². The van der Waals surface area contributed by atoms with E-state index in [2.05, 4.69) is 15.3 Å². The molecule has 3 rings (SSSR count). The summed E-state index contributed by atoms with van der Waals surface area (Å²) in [6.45, 7) is 1.52. The number of nitrogens with one attached hydrogen (secondary N) is 1. The number of ether oxygens (including phenoxy) is 2. The number of amides is 2. The summed E-state index contributed by atoms with van der Waals surface area (Å²) in [6.07, 6.45) is 4.57. The highest BCUT2D eigenvalue weighted by atomic mass is 16.5. The van der Waals surface area contributed by atoms with Gasteiger partial charge in [0.15, 0.2) is 0 Å². The predicted molar refractivity (Wildman–Crippen MR) is 97.1 cm³/mol. The molecule has 1 fully saturated rings. The molecule has 0 unspecified atom stereocenters. The Morgan fingerprint density at radius 2 is 2.19 bits per heavy atom. The summed E-state index contributed by atoms with van der Waals surface area (Å²) in [6, 6.07) is 7.16. The number of rotatable bonds is 6. The van der Waals surface area contributed by atoms with Crippen molar-refractivity contribution in [2.24, 2.45) is 0 Å². The number of hydrogen-bond donors (Lipinski definition) is 1. The minimum atomic E-state index is -0.342. The average molecular weight is 370 g/mol. The highest BCUT2D eigenvalue weighted by Gasteiger charge is 2.30. The molecule has 8 nitrogen and oxygen atoms in total. The van der Waals surface area contributed by atoms with E-state index in [-0.39, 0.29) is 30.0 Å². The van der Waals surface area contributed by atoms with Gasteiger partial charge in [-0.15, -0.1) is 0 Å². The van der Waals surface area contributed by atoms with E-state index in [1.54, 1.807) is 12.0 Å². The first-order chi connectivity index (χ1) is 13.2. The molecule has 2 heterocycles. The summed E-state index contributed by atoms with van der Waals surface area (Å²) < 4.78 is 10.8. The topological polar surface area (TPSA) is 93.7 Å². The maximum atomic E-state index is 12.7. The summed E-state index contributed by atoms with van der Waals surface area (Å²) in [4.78, 5) is 34.7. The minimum Gasteiger partial charge on any atom is -0.496 e. The van der Waals surface area contributed by atoms with Gasteiger partial charge in [-0.1, -0.05) is 18.2 Å². The fraction of sp³-hybridized carbons (Fsp3) is 0.368. The van der Waals surface area contributed by atoms with E-state index in [0.717, 1.165) is 11.3 Å². The number of carbonyl (C=O) groups is 2. The number of nitrogens with zero attached hydrogens (tertiary/aromatic N) is 3. The van der Waals surface area contributed by atoms with Crippen LogP contribution in [-0.2, 0) is 16.1 Å². The molecule has 1 aliphatic heterocycles. The van der Waals surface area contributed by atoms with Gasteiger partial charge in [0, 0.05) is 37.5 Å². The lowest BCUT2D eigenvalue weighted by Gasteiger charge is -2.35. The summed E-state index contributed by atoms with van der Waals surface area (Å²) in [5.74, 6) is 0.320. The van der Waals surface area contributed by atoms with Crippen molar-refractivity contribution >= 4 is 11.8 Å². The normalized spacial score (nSPS) is 16.6. The fourth-order valence-electron chi connectivity index (χ4n) is 2.98. The predicted octanol–water partition coefficient (Wildman–Crippen LogP) is 1.03. The third-order valence-corrected chi connectivity index (χ3v) is 4.36. The number of aromatic nitrogens is 2. The zero-order valence-electron chi connectivity index (χ0n) is 15.1. The van der Waals surface area contributed by atoms with Gasteiger partial charge < -0.3 is 19.7 Å². The highest BCUT2D eigenvalue weighted by Crippen LogP contribution is 2.17. The van der Waals surface area contributed by atoms with Crippen molar-refractivity contribution in [2.75, 3.05) is 26.9 Å². The molecule has 142 valence electrons. The maximum absolute atomic E-state index is 12.7. The first-order valence-corrected chi connectivity index (χ1v) is 8.72. The second-order valence-electron chi connectivity index (χ2n) is 6.11. The minimum absolute atomic E-state index is 0.154. The number of morpholine rings is 1. The molecule has 1 N–H and O–H groups in total. The highest BCUT2D eigenvalue weighted by molar-refractivity contribution is 5.92. The fourth-order valence-corrected chi connectivity index (χ4v) is 2.98. The van der Waals surface area contributed by atoms with Gasteiger partial charge in [-0.25, -0.2) is 4.98 Å². The molecular weight excluding hydrogens is 348 g/mol. The van der Waals surface area contributed by atoms with Crippen LogP contribution in [0.3, 0.4) is 0 Å². The third-order valence-electron chi connectivity index (χ3n) is 4.36. The van der Waals surface area contributed by atoms with Crippen molar-refractivity contribution in [3.63, 3.8) is 0 Å². The first-order valence-electron chi connectivity index (χ1n) is 8.72. The molecule has 1 saturated heterocycles. The number of para-hydroxylation sites is 1. The monoisotopic (exact) mass is 370 g/mol. The zero-order valence-corrected chi connectivity index (χ0v) is 15.1. The molecule has 0 aliphatic carbocycles. The molecule has 1 aromatic heterocycles. The van der Waals surface area contributed by atoms with E-state index >= 15 is 0 Å². The van der Waals surface area contributed by atoms with Crippen molar-refractivity contribution in [1.82, 2.24) is 20.2 Å². The van der Waals surface area contributed by atoms with Gasteiger partial charge in [0.1, 0.15) is 11.4 Å². The van der Waals surface area contributed by atoms with E-state index in [4.69, 9.17) is 9.47 Å². The Morgan fingerprint density at radius 1 is 1.33 bits per heavy atom. The SMILES string of the molecule is COc1ccccc1CNC(=O)C[C@H]1COCCN1C(=O)c1cnccn1. The summed E-state index contributed by atoms with van der Waals surface area (Å²) >= 11 is 0. The molecule has 1 aliphatic rings. The van der Waals surface area contributed by atoms with Crippen LogP contribution < -0.4 is 10.1 Å². The molecule has 0 radical (unpaired) electrons. The maximum Gasteiger partial charge on any atom is 0.274 e. The number of hydrogen-bond acceptors (Lipinski definition) is 6. The Kier molecular flexibility index (Phi) is 6.32. The molecule has 27 heavy (non-hydrogen) atoms. The molecule has 2 aromatic rings. The zero-order chi connectivity index (χ0) is 19.1. The van der Waals surface area contributed by atoms with Gasteiger partial charge in [0.05, 0.1) is 32.6 Å². The van der Waals surface area contributed by atoms with Gasteiger partial charge >= 0.3 is 0 Å².